The van der Waals surface area contributed by atoms with Crippen LogP contribution in [0.5, 0.6) is 0 Å². The van der Waals surface area contributed by atoms with Gasteiger partial charge in [-0.1, -0.05) is 6.58 Å². The van der Waals surface area contributed by atoms with E-state index in [0.717, 1.165) is 5.56 Å². The van der Waals surface area contributed by atoms with Crippen LogP contribution in [0.1, 0.15) is 23.9 Å². The lowest BCUT2D eigenvalue weighted by atomic mass is 9.94. The van der Waals surface area contributed by atoms with E-state index in [-0.39, 0.29) is 12.3 Å². The summed E-state index contributed by atoms with van der Waals surface area (Å²) in [4.78, 5) is 19.0. The Labute approximate surface area is 140 Å². The minimum Gasteiger partial charge on any atom is -0.377 e. The fourth-order valence-corrected chi connectivity index (χ4v) is 2.30. The third kappa shape index (κ3) is 3.71. The maximum absolute atomic E-state index is 13.6. The van der Waals surface area contributed by atoms with Crippen molar-refractivity contribution in [3.63, 3.8) is 0 Å². The lowest BCUT2D eigenvalue weighted by molar-refractivity contribution is -0.106. The zero-order valence-corrected chi connectivity index (χ0v) is 13.7. The molecule has 0 atom stereocenters. The monoisotopic (exact) mass is 326 g/mol. The van der Waals surface area contributed by atoms with Crippen molar-refractivity contribution in [1.29, 1.82) is 5.41 Å². The first-order chi connectivity index (χ1) is 11.5. The molecule has 0 aliphatic carbocycles. The van der Waals surface area contributed by atoms with Gasteiger partial charge >= 0.3 is 0 Å². The second-order valence-corrected chi connectivity index (χ2v) is 5.41. The van der Waals surface area contributed by atoms with Gasteiger partial charge in [0, 0.05) is 34.8 Å². The van der Waals surface area contributed by atoms with Crippen LogP contribution in [0.15, 0.2) is 36.7 Å². The van der Waals surface area contributed by atoms with E-state index in [1.165, 1.54) is 0 Å². The molecule has 0 spiro atoms. The summed E-state index contributed by atoms with van der Waals surface area (Å²) in [5.74, 6) is 0.642. The molecule has 24 heavy (non-hydrogen) atoms. The van der Waals surface area contributed by atoms with Gasteiger partial charge in [0.25, 0.3) is 0 Å². The topological polar surface area (TPSA) is 78.7 Å². The van der Waals surface area contributed by atoms with Crippen LogP contribution in [-0.2, 0) is 11.5 Å². The highest BCUT2D eigenvalue weighted by Gasteiger charge is 2.16. The molecule has 0 amide bonds. The maximum Gasteiger partial charge on any atom is 0.139 e. The minimum absolute atomic E-state index is 0.0382. The largest absolute Gasteiger partial charge is 0.377 e. The number of hydrogen-bond acceptors (Lipinski definition) is 5. The van der Waals surface area contributed by atoms with Crippen molar-refractivity contribution in [3.8, 4) is 11.1 Å². The summed E-state index contributed by atoms with van der Waals surface area (Å²) in [5, 5.41) is 11.1. The smallest absolute Gasteiger partial charge is 0.139 e. The van der Waals surface area contributed by atoms with Crippen molar-refractivity contribution in [2.75, 3.05) is 11.9 Å². The molecule has 1 heterocycles. The number of hydrogen-bond donors (Lipinski definition) is 2. The van der Waals surface area contributed by atoms with E-state index < -0.39 is 6.67 Å². The highest BCUT2D eigenvalue weighted by atomic mass is 19.1. The quantitative estimate of drug-likeness (QED) is 0.603. The summed E-state index contributed by atoms with van der Waals surface area (Å²) in [6.07, 6.45) is 4.01. The third-order valence-corrected chi connectivity index (χ3v) is 3.54. The number of alkyl halides is 1. The summed E-state index contributed by atoms with van der Waals surface area (Å²) in [6, 6.07) is 3.44. The number of rotatable bonds is 7. The molecule has 2 aromatic rings. The number of halogens is 1. The van der Waals surface area contributed by atoms with Crippen LogP contribution in [0.25, 0.3) is 11.1 Å². The van der Waals surface area contributed by atoms with Gasteiger partial charge in [-0.3, -0.25) is 5.41 Å². The van der Waals surface area contributed by atoms with E-state index in [2.05, 4.69) is 21.9 Å². The van der Waals surface area contributed by atoms with Crippen LogP contribution in [0.2, 0.25) is 0 Å². The van der Waals surface area contributed by atoms with Gasteiger partial charge in [0.2, 0.25) is 0 Å². The van der Waals surface area contributed by atoms with Crippen LogP contribution in [0.4, 0.5) is 10.1 Å². The van der Waals surface area contributed by atoms with Crippen LogP contribution in [-0.4, -0.2) is 28.5 Å². The summed E-state index contributed by atoms with van der Waals surface area (Å²) < 4.78 is 13.6. The molecule has 6 heteroatoms. The number of aromatic nitrogens is 2. The summed E-state index contributed by atoms with van der Waals surface area (Å²) in [5.41, 5.74) is 3.48. The number of nitrogens with zero attached hydrogens (tertiary/aromatic N) is 2. The van der Waals surface area contributed by atoms with Crippen molar-refractivity contribution in [2.45, 2.75) is 20.5 Å². The van der Waals surface area contributed by atoms with Crippen molar-refractivity contribution in [2.24, 2.45) is 0 Å². The lowest BCUT2D eigenvalue weighted by Crippen LogP contribution is -2.12. The SMILES string of the molecule is C=C(C)C(=N)c1cc(-c2cnc(C)nc2)cc(CF)c1NCC=O. The molecule has 5 nitrogen and oxygen atoms in total. The zero-order valence-electron chi connectivity index (χ0n) is 13.7. The van der Waals surface area contributed by atoms with Gasteiger partial charge in [-0.2, -0.15) is 0 Å². The van der Waals surface area contributed by atoms with E-state index in [0.29, 0.717) is 40.1 Å². The first-order valence-electron chi connectivity index (χ1n) is 7.42. The molecule has 0 aliphatic heterocycles. The molecule has 1 aromatic carbocycles. The summed E-state index contributed by atoms with van der Waals surface area (Å²) in [7, 11) is 0. The predicted octanol–water partition coefficient (Wildman–Crippen LogP) is 3.48. The van der Waals surface area contributed by atoms with Gasteiger partial charge in [-0.15, -0.1) is 0 Å². The summed E-state index contributed by atoms with van der Waals surface area (Å²) in [6.45, 7) is 6.59. The molecular formula is C18H19FN4O. The molecule has 2 N–H and O–H groups in total. The Hall–Kier alpha value is -2.89. The second kappa shape index (κ2) is 7.59. The standard InChI is InChI=1S/C18H19FN4O/c1-11(2)17(20)16-7-13(15-9-22-12(3)23-10-15)6-14(8-19)18(16)21-4-5-24/h5-7,9-10,20-21H,1,4,8H2,2-3H3. The number of carbonyl (C=O) groups excluding carboxylic acids is 1. The van der Waals surface area contributed by atoms with Crippen molar-refractivity contribution in [3.05, 3.63) is 53.6 Å². The third-order valence-electron chi connectivity index (χ3n) is 3.54. The molecule has 0 saturated carbocycles. The molecule has 124 valence electrons. The van der Waals surface area contributed by atoms with Gasteiger partial charge < -0.3 is 10.1 Å². The molecule has 0 fully saturated rings. The molecule has 0 unspecified atom stereocenters. The summed E-state index contributed by atoms with van der Waals surface area (Å²) >= 11 is 0. The average molecular weight is 326 g/mol. The number of allylic oxidation sites excluding steroid dienone is 1. The Bertz CT molecular complexity index is 784. The number of aldehydes is 1. The van der Waals surface area contributed by atoms with Crippen LogP contribution >= 0.6 is 0 Å². The predicted molar refractivity (Wildman–Crippen MR) is 93.2 cm³/mol. The Balaban J connectivity index is 2.64. The van der Waals surface area contributed by atoms with Gasteiger partial charge in [0.15, 0.2) is 0 Å². The van der Waals surface area contributed by atoms with Crippen molar-refractivity contribution < 1.29 is 9.18 Å². The van der Waals surface area contributed by atoms with Crippen LogP contribution in [0, 0.1) is 12.3 Å². The molecular weight excluding hydrogens is 307 g/mol. The highest BCUT2D eigenvalue weighted by molar-refractivity contribution is 6.14. The van der Waals surface area contributed by atoms with Gasteiger partial charge in [-0.05, 0) is 37.1 Å². The fourth-order valence-electron chi connectivity index (χ4n) is 2.30. The number of benzene rings is 1. The first kappa shape index (κ1) is 17.5. The van der Waals surface area contributed by atoms with Crippen LogP contribution < -0.4 is 5.32 Å². The minimum atomic E-state index is -0.724. The van der Waals surface area contributed by atoms with Crippen LogP contribution in [0.3, 0.4) is 0 Å². The van der Waals surface area contributed by atoms with Gasteiger partial charge in [0.1, 0.15) is 18.8 Å². The Morgan fingerprint density at radius 1 is 1.33 bits per heavy atom. The molecule has 0 radical (unpaired) electrons. The number of carbonyl (C=O) groups is 1. The second-order valence-electron chi connectivity index (χ2n) is 5.41. The number of aryl methyl sites for hydroxylation is 1. The number of nitrogens with one attached hydrogen (secondary N) is 2. The molecule has 2 rings (SSSR count). The Morgan fingerprint density at radius 3 is 2.54 bits per heavy atom. The Kier molecular flexibility index (Phi) is 5.52. The first-order valence-corrected chi connectivity index (χ1v) is 7.42. The van der Waals surface area contributed by atoms with Crippen molar-refractivity contribution in [1.82, 2.24) is 9.97 Å². The lowest BCUT2D eigenvalue weighted by Gasteiger charge is -2.17. The molecule has 0 bridgehead atoms. The van der Waals surface area contributed by atoms with E-state index in [4.69, 9.17) is 5.41 Å². The maximum atomic E-state index is 13.6. The highest BCUT2D eigenvalue weighted by Crippen LogP contribution is 2.31. The molecule has 0 saturated heterocycles. The van der Waals surface area contributed by atoms with E-state index >= 15 is 0 Å². The zero-order chi connectivity index (χ0) is 17.7. The number of anilines is 1. The Morgan fingerprint density at radius 2 is 2.00 bits per heavy atom. The average Bonchev–Trinajstić information content (AvgIpc) is 2.59. The molecule has 0 aliphatic rings. The fraction of sp³-hybridized carbons (Fsp3) is 0.222. The normalized spacial score (nSPS) is 10.3. The molecule has 1 aromatic heterocycles. The van der Waals surface area contributed by atoms with E-state index in [1.807, 2.05) is 0 Å². The van der Waals surface area contributed by atoms with Crippen molar-refractivity contribution >= 4 is 17.7 Å². The van der Waals surface area contributed by atoms with Gasteiger partial charge in [-0.25, -0.2) is 14.4 Å². The van der Waals surface area contributed by atoms with E-state index in [9.17, 15) is 9.18 Å². The van der Waals surface area contributed by atoms with E-state index in [1.54, 1.807) is 38.4 Å². The van der Waals surface area contributed by atoms with Gasteiger partial charge in [0.05, 0.1) is 12.3 Å².